The highest BCUT2D eigenvalue weighted by Gasteiger charge is 2.27. The summed E-state index contributed by atoms with van der Waals surface area (Å²) in [5.41, 5.74) is 0. The maximum Gasteiger partial charge on any atom is 0.230 e. The molecule has 0 aliphatic heterocycles. The first kappa shape index (κ1) is 16.2. The summed E-state index contributed by atoms with van der Waals surface area (Å²) in [6.45, 7) is -0.517. The Labute approximate surface area is 98.8 Å². The van der Waals surface area contributed by atoms with Gasteiger partial charge < -0.3 is 5.11 Å². The Morgan fingerprint density at radius 3 is 2.24 bits per heavy atom. The van der Waals surface area contributed by atoms with Gasteiger partial charge in [0.15, 0.2) is 6.17 Å². The number of aliphatic hydroxyl groups excluding tert-OH is 1. The van der Waals surface area contributed by atoms with Gasteiger partial charge in [-0.05, 0) is 19.3 Å². The van der Waals surface area contributed by atoms with Gasteiger partial charge in [-0.15, -0.1) is 0 Å². The number of unbranched alkanes of at least 4 members (excludes halogenated alkanes) is 2. The highest BCUT2D eigenvalue weighted by Crippen LogP contribution is 2.16. The number of allylic oxidation sites excluding steroid dienone is 4. The molecule has 5 heteroatoms. The fourth-order valence-electron chi connectivity index (χ4n) is 1.24. The molecular weight excluding hydrogens is 236 g/mol. The van der Waals surface area contributed by atoms with E-state index in [1.54, 1.807) is 18.2 Å². The van der Waals surface area contributed by atoms with E-state index in [1.807, 2.05) is 0 Å². The molecule has 0 aliphatic rings. The third-order valence-electron chi connectivity index (χ3n) is 2.18. The average molecular weight is 254 g/mol. The SMILES string of the molecule is OC(F)C(F)C(F)CCCCC=CC=CCF. The van der Waals surface area contributed by atoms with E-state index in [-0.39, 0.29) is 6.42 Å². The molecule has 0 aromatic carbocycles. The molecular formula is C12H18F4O. The molecule has 1 nitrogen and oxygen atoms in total. The van der Waals surface area contributed by atoms with Crippen LogP contribution < -0.4 is 0 Å². The monoisotopic (exact) mass is 254 g/mol. The number of rotatable bonds is 9. The zero-order valence-corrected chi connectivity index (χ0v) is 9.54. The summed E-state index contributed by atoms with van der Waals surface area (Å²) < 4.78 is 49.0. The van der Waals surface area contributed by atoms with Crippen molar-refractivity contribution in [1.29, 1.82) is 0 Å². The van der Waals surface area contributed by atoms with Crippen LogP contribution in [-0.4, -0.2) is 30.5 Å². The summed E-state index contributed by atoms with van der Waals surface area (Å²) in [5.74, 6) is 0. The van der Waals surface area contributed by atoms with Crippen LogP contribution in [0.25, 0.3) is 0 Å². The van der Waals surface area contributed by atoms with Gasteiger partial charge in [0.2, 0.25) is 6.36 Å². The lowest BCUT2D eigenvalue weighted by Crippen LogP contribution is -2.27. The fourth-order valence-corrected chi connectivity index (χ4v) is 1.24. The van der Waals surface area contributed by atoms with E-state index in [9.17, 15) is 17.6 Å². The van der Waals surface area contributed by atoms with Crippen molar-refractivity contribution >= 4 is 0 Å². The average Bonchev–Trinajstić information content (AvgIpc) is 2.31. The first-order valence-corrected chi connectivity index (χ1v) is 5.57. The van der Waals surface area contributed by atoms with Gasteiger partial charge in [-0.2, -0.15) is 0 Å². The molecule has 0 heterocycles. The number of halogens is 4. The summed E-state index contributed by atoms with van der Waals surface area (Å²) in [6.07, 6.45) is 0.792. The number of hydrogen-bond acceptors (Lipinski definition) is 1. The standard InChI is InChI=1S/C12H18F4O/c13-9-7-5-3-1-2-4-6-8-10(14)11(15)12(16)17/h1,3,5,7,10-12,17H,2,4,6,8-9H2. The molecule has 1 N–H and O–H groups in total. The van der Waals surface area contributed by atoms with Crippen molar-refractivity contribution in [3.63, 3.8) is 0 Å². The Kier molecular flexibility index (Phi) is 9.81. The second-order valence-corrected chi connectivity index (χ2v) is 3.63. The van der Waals surface area contributed by atoms with Gasteiger partial charge in [0.1, 0.15) is 12.8 Å². The molecule has 3 atom stereocenters. The van der Waals surface area contributed by atoms with Crippen LogP contribution in [-0.2, 0) is 0 Å². The van der Waals surface area contributed by atoms with Crippen molar-refractivity contribution in [2.75, 3.05) is 6.67 Å². The Morgan fingerprint density at radius 2 is 1.65 bits per heavy atom. The van der Waals surface area contributed by atoms with Crippen LogP contribution in [0.15, 0.2) is 24.3 Å². The van der Waals surface area contributed by atoms with Crippen LogP contribution in [0.1, 0.15) is 25.7 Å². The van der Waals surface area contributed by atoms with Crippen molar-refractivity contribution in [1.82, 2.24) is 0 Å². The number of alkyl halides is 4. The van der Waals surface area contributed by atoms with Crippen molar-refractivity contribution < 1.29 is 22.7 Å². The van der Waals surface area contributed by atoms with Crippen molar-refractivity contribution in [2.45, 2.75) is 44.4 Å². The smallest absolute Gasteiger partial charge is 0.230 e. The molecule has 0 bridgehead atoms. The summed E-state index contributed by atoms with van der Waals surface area (Å²) in [4.78, 5) is 0. The first-order valence-electron chi connectivity index (χ1n) is 5.57. The van der Waals surface area contributed by atoms with Gasteiger partial charge in [-0.3, -0.25) is 0 Å². The summed E-state index contributed by atoms with van der Waals surface area (Å²) >= 11 is 0. The predicted octanol–water partition coefficient (Wildman–Crippen LogP) is 3.59. The highest BCUT2D eigenvalue weighted by atomic mass is 19.2. The van der Waals surface area contributed by atoms with E-state index in [0.29, 0.717) is 19.3 Å². The molecule has 3 unspecified atom stereocenters. The van der Waals surface area contributed by atoms with Crippen LogP contribution in [0.3, 0.4) is 0 Å². The second-order valence-electron chi connectivity index (χ2n) is 3.63. The lowest BCUT2D eigenvalue weighted by molar-refractivity contribution is -0.0585. The van der Waals surface area contributed by atoms with Gasteiger partial charge in [-0.25, -0.2) is 17.6 Å². The normalized spacial score (nSPS) is 17.7. The molecule has 0 aromatic heterocycles. The Balaban J connectivity index is 3.51. The third-order valence-corrected chi connectivity index (χ3v) is 2.18. The molecule has 0 radical (unpaired) electrons. The predicted molar refractivity (Wildman–Crippen MR) is 59.6 cm³/mol. The maximum absolute atomic E-state index is 12.9. The zero-order chi connectivity index (χ0) is 13.1. The van der Waals surface area contributed by atoms with Gasteiger partial charge in [0.25, 0.3) is 0 Å². The van der Waals surface area contributed by atoms with Crippen LogP contribution in [0.2, 0.25) is 0 Å². The number of hydrogen-bond donors (Lipinski definition) is 1. The van der Waals surface area contributed by atoms with Crippen molar-refractivity contribution in [3.8, 4) is 0 Å². The summed E-state index contributed by atoms with van der Waals surface area (Å²) in [6, 6.07) is 0. The van der Waals surface area contributed by atoms with Gasteiger partial charge >= 0.3 is 0 Å². The minimum atomic E-state index is -2.75. The van der Waals surface area contributed by atoms with Crippen LogP contribution in [0.4, 0.5) is 17.6 Å². The van der Waals surface area contributed by atoms with Gasteiger partial charge in [0.05, 0.1) is 0 Å². The lowest BCUT2D eigenvalue weighted by atomic mass is 10.1. The molecule has 100 valence electrons. The topological polar surface area (TPSA) is 20.2 Å². The molecule has 0 aliphatic carbocycles. The lowest BCUT2D eigenvalue weighted by Gasteiger charge is -2.13. The van der Waals surface area contributed by atoms with E-state index in [4.69, 9.17) is 5.11 Å². The maximum atomic E-state index is 12.9. The molecule has 0 saturated carbocycles. The quantitative estimate of drug-likeness (QED) is 0.379. The van der Waals surface area contributed by atoms with E-state index in [1.165, 1.54) is 6.08 Å². The van der Waals surface area contributed by atoms with E-state index in [2.05, 4.69) is 0 Å². The van der Waals surface area contributed by atoms with Crippen LogP contribution in [0.5, 0.6) is 0 Å². The molecule has 0 aromatic rings. The second kappa shape index (κ2) is 10.3. The largest absolute Gasteiger partial charge is 0.362 e. The highest BCUT2D eigenvalue weighted by molar-refractivity contribution is 5.02. The number of aliphatic hydroxyl groups is 1. The zero-order valence-electron chi connectivity index (χ0n) is 9.54. The van der Waals surface area contributed by atoms with Gasteiger partial charge in [0, 0.05) is 0 Å². The fraction of sp³-hybridized carbons (Fsp3) is 0.667. The molecule has 17 heavy (non-hydrogen) atoms. The Hall–Kier alpha value is -0.840. The van der Waals surface area contributed by atoms with Crippen LogP contribution in [0, 0.1) is 0 Å². The van der Waals surface area contributed by atoms with E-state index >= 15 is 0 Å². The minimum absolute atomic E-state index is 0.115. The molecule has 0 saturated heterocycles. The minimum Gasteiger partial charge on any atom is -0.362 e. The Morgan fingerprint density at radius 1 is 1.00 bits per heavy atom. The molecule has 0 fully saturated rings. The van der Waals surface area contributed by atoms with Crippen molar-refractivity contribution in [3.05, 3.63) is 24.3 Å². The first-order chi connectivity index (χ1) is 8.09. The van der Waals surface area contributed by atoms with Crippen LogP contribution >= 0.6 is 0 Å². The van der Waals surface area contributed by atoms with E-state index < -0.39 is 25.4 Å². The van der Waals surface area contributed by atoms with Gasteiger partial charge in [-0.1, -0.05) is 30.7 Å². The molecule has 0 amide bonds. The van der Waals surface area contributed by atoms with Crippen molar-refractivity contribution in [2.24, 2.45) is 0 Å². The molecule has 0 rings (SSSR count). The molecule has 0 spiro atoms. The van der Waals surface area contributed by atoms with E-state index in [0.717, 1.165) is 0 Å². The Bertz CT molecular complexity index is 229. The summed E-state index contributed by atoms with van der Waals surface area (Å²) in [7, 11) is 0. The summed E-state index contributed by atoms with van der Waals surface area (Å²) in [5, 5.41) is 8.18. The third kappa shape index (κ3) is 8.92.